The molecule has 0 saturated heterocycles. The Morgan fingerprint density at radius 2 is 1.62 bits per heavy atom. The molecule has 0 aliphatic heterocycles. The summed E-state index contributed by atoms with van der Waals surface area (Å²) in [6, 6.07) is 21.5. The van der Waals surface area contributed by atoms with Gasteiger partial charge < -0.3 is 10.4 Å². The van der Waals surface area contributed by atoms with E-state index in [1.54, 1.807) is 17.8 Å². The first-order chi connectivity index (χ1) is 11.6. The fourth-order valence-corrected chi connectivity index (χ4v) is 3.71. The minimum atomic E-state index is 0.00857. The molecule has 5 heteroatoms. The van der Waals surface area contributed by atoms with Crippen molar-refractivity contribution < 1.29 is 5.11 Å². The highest BCUT2D eigenvalue weighted by Crippen LogP contribution is 2.36. The van der Waals surface area contributed by atoms with Gasteiger partial charge in [-0.3, -0.25) is 0 Å². The highest BCUT2D eigenvalue weighted by molar-refractivity contribution is 7.99. The first-order valence-electron chi connectivity index (χ1n) is 7.36. The van der Waals surface area contributed by atoms with Gasteiger partial charge in [0.15, 0.2) is 5.75 Å². The molecule has 0 fully saturated rings. The number of rotatable bonds is 5. The molecular formula is C19H15Cl2NOS. The summed E-state index contributed by atoms with van der Waals surface area (Å²) in [5, 5.41) is 14.0. The molecule has 3 rings (SSSR count). The predicted molar refractivity (Wildman–Crippen MR) is 102 cm³/mol. The van der Waals surface area contributed by atoms with Gasteiger partial charge in [0.2, 0.25) is 0 Å². The number of benzene rings is 3. The normalized spacial score (nSPS) is 10.6. The number of hydrogen-bond acceptors (Lipinski definition) is 3. The van der Waals surface area contributed by atoms with Crippen LogP contribution in [0.3, 0.4) is 0 Å². The summed E-state index contributed by atoms with van der Waals surface area (Å²) in [5.41, 5.74) is 1.65. The molecule has 3 aromatic carbocycles. The zero-order valence-corrected chi connectivity index (χ0v) is 15.0. The fourth-order valence-electron chi connectivity index (χ4n) is 2.26. The van der Waals surface area contributed by atoms with E-state index in [0.29, 0.717) is 17.3 Å². The number of phenolic OH excluding ortho intramolecular Hbond substituents is 1. The number of phenols is 1. The predicted octanol–water partition coefficient (Wildman–Crippen LogP) is 6.46. The van der Waals surface area contributed by atoms with Crippen LogP contribution in [0.15, 0.2) is 76.5 Å². The van der Waals surface area contributed by atoms with E-state index < -0.39 is 0 Å². The van der Waals surface area contributed by atoms with Crippen LogP contribution >= 0.6 is 35.0 Å². The van der Waals surface area contributed by atoms with Gasteiger partial charge in [0.25, 0.3) is 0 Å². The van der Waals surface area contributed by atoms with Crippen molar-refractivity contribution in [3.63, 3.8) is 0 Å². The van der Waals surface area contributed by atoms with Gasteiger partial charge >= 0.3 is 0 Å². The molecule has 0 spiro atoms. The van der Waals surface area contributed by atoms with E-state index in [-0.39, 0.29) is 10.8 Å². The Labute approximate surface area is 155 Å². The van der Waals surface area contributed by atoms with Crippen LogP contribution in [0.25, 0.3) is 0 Å². The average molecular weight is 376 g/mol. The van der Waals surface area contributed by atoms with E-state index in [2.05, 4.69) is 29.6 Å². The Bertz CT molecular complexity index is 840. The van der Waals surface area contributed by atoms with Crippen LogP contribution in [-0.4, -0.2) is 5.11 Å². The second-order valence-corrected chi connectivity index (χ2v) is 7.12. The van der Waals surface area contributed by atoms with Crippen molar-refractivity contribution in [2.24, 2.45) is 0 Å². The lowest BCUT2D eigenvalue weighted by atomic mass is 10.2. The third kappa shape index (κ3) is 4.18. The zero-order chi connectivity index (χ0) is 16.9. The Balaban J connectivity index is 1.79. The summed E-state index contributed by atoms with van der Waals surface area (Å²) >= 11 is 13.7. The molecule has 0 bridgehead atoms. The zero-order valence-electron chi connectivity index (χ0n) is 12.7. The lowest BCUT2D eigenvalue weighted by Gasteiger charge is -2.13. The van der Waals surface area contributed by atoms with Crippen LogP contribution < -0.4 is 5.32 Å². The number of anilines is 1. The smallest absolute Gasteiger partial charge is 0.157 e. The summed E-state index contributed by atoms with van der Waals surface area (Å²) in [7, 11) is 0. The lowest BCUT2D eigenvalue weighted by molar-refractivity contribution is 0.477. The fraction of sp³-hybridized carbons (Fsp3) is 0.0526. The first-order valence-corrected chi connectivity index (χ1v) is 8.93. The van der Waals surface area contributed by atoms with E-state index >= 15 is 0 Å². The van der Waals surface area contributed by atoms with Crippen LogP contribution in [0, 0.1) is 0 Å². The van der Waals surface area contributed by atoms with E-state index in [9.17, 15) is 5.11 Å². The van der Waals surface area contributed by atoms with Crippen molar-refractivity contribution in [2.75, 3.05) is 5.32 Å². The van der Waals surface area contributed by atoms with E-state index in [1.807, 2.05) is 30.3 Å². The van der Waals surface area contributed by atoms with Crippen molar-refractivity contribution in [1.82, 2.24) is 0 Å². The van der Waals surface area contributed by atoms with Crippen molar-refractivity contribution in [1.29, 1.82) is 0 Å². The third-order valence-electron chi connectivity index (χ3n) is 3.44. The van der Waals surface area contributed by atoms with Gasteiger partial charge in [-0.25, -0.2) is 0 Å². The van der Waals surface area contributed by atoms with Crippen LogP contribution in [0.4, 0.5) is 5.69 Å². The molecule has 24 heavy (non-hydrogen) atoms. The lowest BCUT2D eigenvalue weighted by Crippen LogP contribution is -2.01. The Kier molecular flexibility index (Phi) is 5.56. The second-order valence-electron chi connectivity index (χ2n) is 5.16. The first kappa shape index (κ1) is 17.0. The van der Waals surface area contributed by atoms with Gasteiger partial charge in [0.05, 0.1) is 10.7 Å². The van der Waals surface area contributed by atoms with Crippen molar-refractivity contribution in [3.05, 3.63) is 82.3 Å². The summed E-state index contributed by atoms with van der Waals surface area (Å²) in [6.07, 6.45) is 0. The summed E-state index contributed by atoms with van der Waals surface area (Å²) in [6.45, 7) is 0.556. The molecule has 0 aliphatic rings. The summed E-state index contributed by atoms with van der Waals surface area (Å²) in [4.78, 5) is 2.34. The maximum Gasteiger partial charge on any atom is 0.157 e. The van der Waals surface area contributed by atoms with Gasteiger partial charge in [0, 0.05) is 21.4 Å². The molecule has 122 valence electrons. The number of aromatic hydroxyl groups is 1. The second kappa shape index (κ2) is 7.84. The molecule has 0 radical (unpaired) electrons. The van der Waals surface area contributed by atoms with Gasteiger partial charge in [-0.2, -0.15) is 0 Å². The minimum Gasteiger partial charge on any atom is -0.504 e. The van der Waals surface area contributed by atoms with Crippen LogP contribution in [0.5, 0.6) is 5.75 Å². The number of nitrogens with one attached hydrogen (secondary N) is 1. The maximum absolute atomic E-state index is 10.0. The van der Waals surface area contributed by atoms with Gasteiger partial charge in [-0.1, -0.05) is 71.4 Å². The molecule has 0 aliphatic carbocycles. The van der Waals surface area contributed by atoms with Gasteiger partial charge in [-0.05, 0) is 35.9 Å². The molecule has 0 unspecified atom stereocenters. The molecule has 2 N–H and O–H groups in total. The highest BCUT2D eigenvalue weighted by Gasteiger charge is 2.09. The highest BCUT2D eigenvalue weighted by atomic mass is 35.5. The molecule has 0 saturated carbocycles. The van der Waals surface area contributed by atoms with Crippen molar-refractivity contribution in [3.8, 4) is 5.75 Å². The van der Waals surface area contributed by atoms with Gasteiger partial charge in [-0.15, -0.1) is 0 Å². The SMILES string of the molecule is Oc1c(Cl)cc(Cl)cc1NCc1ccccc1Sc1ccccc1. The largest absolute Gasteiger partial charge is 0.504 e. The topological polar surface area (TPSA) is 32.3 Å². The summed E-state index contributed by atoms with van der Waals surface area (Å²) < 4.78 is 0. The molecule has 2 nitrogen and oxygen atoms in total. The van der Waals surface area contributed by atoms with E-state index in [0.717, 1.165) is 10.5 Å². The third-order valence-corrected chi connectivity index (χ3v) is 5.07. The van der Waals surface area contributed by atoms with Gasteiger partial charge in [0.1, 0.15) is 0 Å². The minimum absolute atomic E-state index is 0.00857. The molecular weight excluding hydrogens is 361 g/mol. The van der Waals surface area contributed by atoms with Crippen LogP contribution in [0.2, 0.25) is 10.0 Å². The van der Waals surface area contributed by atoms with Crippen LogP contribution in [-0.2, 0) is 6.54 Å². The molecule has 0 atom stereocenters. The molecule has 3 aromatic rings. The maximum atomic E-state index is 10.0. The standard InChI is InChI=1S/C19H15Cl2NOS/c20-14-10-16(21)19(23)17(11-14)22-12-13-6-4-5-9-18(13)24-15-7-2-1-3-8-15/h1-11,22-23H,12H2. The molecule has 0 amide bonds. The Hall–Kier alpha value is -1.81. The quantitative estimate of drug-likeness (QED) is 0.501. The summed E-state index contributed by atoms with van der Waals surface area (Å²) in [5.74, 6) is 0.00857. The van der Waals surface area contributed by atoms with Crippen molar-refractivity contribution in [2.45, 2.75) is 16.3 Å². The van der Waals surface area contributed by atoms with Crippen molar-refractivity contribution >= 4 is 40.7 Å². The van der Waals surface area contributed by atoms with Crippen LogP contribution in [0.1, 0.15) is 5.56 Å². The average Bonchev–Trinajstić information content (AvgIpc) is 2.59. The van der Waals surface area contributed by atoms with E-state index in [4.69, 9.17) is 23.2 Å². The molecule has 0 aromatic heterocycles. The number of halogens is 2. The molecule has 0 heterocycles. The monoisotopic (exact) mass is 375 g/mol. The Morgan fingerprint density at radius 3 is 2.42 bits per heavy atom. The Morgan fingerprint density at radius 1 is 0.917 bits per heavy atom. The van der Waals surface area contributed by atoms with E-state index in [1.165, 1.54) is 11.0 Å². The number of hydrogen-bond donors (Lipinski definition) is 2.